The molecule has 0 radical (unpaired) electrons. The molecule has 1 amide bonds. The van der Waals surface area contributed by atoms with Gasteiger partial charge in [-0.2, -0.15) is 0 Å². The van der Waals surface area contributed by atoms with E-state index in [9.17, 15) is 4.79 Å². The van der Waals surface area contributed by atoms with E-state index in [1.54, 1.807) is 19.2 Å². The van der Waals surface area contributed by atoms with E-state index in [0.29, 0.717) is 17.4 Å². The highest BCUT2D eigenvalue weighted by Gasteiger charge is 2.20. The van der Waals surface area contributed by atoms with Crippen LogP contribution in [0.3, 0.4) is 0 Å². The van der Waals surface area contributed by atoms with Crippen molar-refractivity contribution in [3.05, 3.63) is 94.4 Å². The molecule has 0 spiro atoms. The van der Waals surface area contributed by atoms with Gasteiger partial charge in [-0.25, -0.2) is 0 Å². The van der Waals surface area contributed by atoms with Gasteiger partial charge in [0.2, 0.25) is 0 Å². The van der Waals surface area contributed by atoms with Crippen LogP contribution in [-0.4, -0.2) is 13.0 Å². The molecule has 0 fully saturated rings. The average Bonchev–Trinajstić information content (AvgIpc) is 3.10. The number of methoxy groups -OCH3 is 1. The molecule has 1 atom stereocenters. The number of furan rings is 1. The Hall–Kier alpha value is -2.56. The highest BCUT2D eigenvalue weighted by molar-refractivity contribution is 6.30. The minimum atomic E-state index is -0.304. The van der Waals surface area contributed by atoms with E-state index in [-0.39, 0.29) is 17.7 Å². The predicted molar refractivity (Wildman–Crippen MR) is 96.6 cm³/mol. The molecule has 1 unspecified atom stereocenters. The summed E-state index contributed by atoms with van der Waals surface area (Å²) in [5, 5.41) is 3.67. The molecule has 5 heteroatoms. The van der Waals surface area contributed by atoms with E-state index in [0.717, 1.165) is 11.1 Å². The minimum Gasteiger partial charge on any atom is -0.453 e. The van der Waals surface area contributed by atoms with Crippen LogP contribution in [0.4, 0.5) is 0 Å². The molecule has 4 nitrogen and oxygen atoms in total. The zero-order chi connectivity index (χ0) is 17.6. The first-order valence-electron chi connectivity index (χ1n) is 7.86. The number of carbonyl (C=O) groups is 1. The molecule has 128 valence electrons. The van der Waals surface area contributed by atoms with Gasteiger partial charge in [-0.05, 0) is 35.4 Å². The number of ether oxygens (including phenoxy) is 1. The molecule has 1 heterocycles. The van der Waals surface area contributed by atoms with E-state index in [1.807, 2.05) is 54.6 Å². The Morgan fingerprint density at radius 1 is 1.04 bits per heavy atom. The molecule has 0 aliphatic carbocycles. The highest BCUT2D eigenvalue weighted by Crippen LogP contribution is 2.24. The van der Waals surface area contributed by atoms with Gasteiger partial charge in [0, 0.05) is 12.1 Å². The zero-order valence-electron chi connectivity index (χ0n) is 13.7. The smallest absolute Gasteiger partial charge is 0.287 e. The number of hydrogen-bond donors (Lipinski definition) is 1. The zero-order valence-corrected chi connectivity index (χ0v) is 14.5. The fraction of sp³-hybridized carbons (Fsp3) is 0.150. The Balaban J connectivity index is 1.86. The summed E-state index contributed by atoms with van der Waals surface area (Å²) in [5.74, 6) is 0.573. The van der Waals surface area contributed by atoms with Crippen LogP contribution in [0.2, 0.25) is 5.02 Å². The van der Waals surface area contributed by atoms with Crippen LogP contribution < -0.4 is 5.32 Å². The largest absolute Gasteiger partial charge is 0.453 e. The summed E-state index contributed by atoms with van der Waals surface area (Å²) in [5.41, 5.74) is 1.91. The van der Waals surface area contributed by atoms with Gasteiger partial charge in [-0.1, -0.05) is 54.1 Å². The Morgan fingerprint density at radius 2 is 1.72 bits per heavy atom. The van der Waals surface area contributed by atoms with E-state index in [1.165, 1.54) is 0 Å². The molecular weight excluding hydrogens is 338 g/mol. The van der Waals surface area contributed by atoms with Gasteiger partial charge in [0.05, 0.1) is 6.04 Å². The molecule has 0 aliphatic rings. The highest BCUT2D eigenvalue weighted by atomic mass is 35.5. The van der Waals surface area contributed by atoms with Crippen LogP contribution in [0.5, 0.6) is 0 Å². The van der Waals surface area contributed by atoms with Crippen molar-refractivity contribution >= 4 is 17.5 Å². The molecule has 0 bridgehead atoms. The number of benzene rings is 2. The average molecular weight is 356 g/mol. The van der Waals surface area contributed by atoms with E-state index in [4.69, 9.17) is 20.8 Å². The lowest BCUT2D eigenvalue weighted by molar-refractivity contribution is 0.0906. The Bertz CT molecular complexity index is 828. The second kappa shape index (κ2) is 8.01. The Labute approximate surface area is 151 Å². The summed E-state index contributed by atoms with van der Waals surface area (Å²) in [4.78, 5) is 12.6. The molecule has 1 N–H and O–H groups in total. The van der Waals surface area contributed by atoms with Gasteiger partial charge < -0.3 is 14.5 Å². The topological polar surface area (TPSA) is 51.5 Å². The van der Waals surface area contributed by atoms with Gasteiger partial charge in [0.1, 0.15) is 12.4 Å². The summed E-state index contributed by atoms with van der Waals surface area (Å²) >= 11 is 5.98. The van der Waals surface area contributed by atoms with E-state index >= 15 is 0 Å². The van der Waals surface area contributed by atoms with Crippen LogP contribution >= 0.6 is 11.6 Å². The van der Waals surface area contributed by atoms with Crippen molar-refractivity contribution in [3.63, 3.8) is 0 Å². The number of hydrogen-bond acceptors (Lipinski definition) is 3. The van der Waals surface area contributed by atoms with Gasteiger partial charge >= 0.3 is 0 Å². The van der Waals surface area contributed by atoms with Gasteiger partial charge in [0.15, 0.2) is 5.76 Å². The lowest BCUT2D eigenvalue weighted by Gasteiger charge is -2.19. The maximum Gasteiger partial charge on any atom is 0.287 e. The van der Waals surface area contributed by atoms with Crippen molar-refractivity contribution < 1.29 is 13.9 Å². The SMILES string of the molecule is COCc1ccc(C(=O)NC(c2ccccc2)c2ccc(Cl)cc2)o1. The first-order chi connectivity index (χ1) is 12.2. The maximum absolute atomic E-state index is 12.6. The van der Waals surface area contributed by atoms with Gasteiger partial charge in [-0.3, -0.25) is 4.79 Å². The van der Waals surface area contributed by atoms with Gasteiger partial charge in [0.25, 0.3) is 5.91 Å². The van der Waals surface area contributed by atoms with E-state index in [2.05, 4.69) is 5.32 Å². The van der Waals surface area contributed by atoms with Crippen LogP contribution in [0, 0.1) is 0 Å². The molecular formula is C20H18ClNO3. The number of amides is 1. The van der Waals surface area contributed by atoms with Crippen molar-refractivity contribution in [2.45, 2.75) is 12.6 Å². The third-order valence-corrected chi connectivity index (χ3v) is 4.04. The maximum atomic E-state index is 12.6. The van der Waals surface area contributed by atoms with Crippen LogP contribution in [-0.2, 0) is 11.3 Å². The number of rotatable bonds is 6. The molecule has 25 heavy (non-hydrogen) atoms. The Morgan fingerprint density at radius 3 is 2.40 bits per heavy atom. The summed E-state index contributed by atoms with van der Waals surface area (Å²) in [6.45, 7) is 0.326. The van der Waals surface area contributed by atoms with Crippen molar-refractivity contribution in [2.75, 3.05) is 7.11 Å². The summed E-state index contributed by atoms with van der Waals surface area (Å²) in [6.07, 6.45) is 0. The second-order valence-corrected chi connectivity index (χ2v) is 6.00. The van der Waals surface area contributed by atoms with Crippen molar-refractivity contribution in [2.24, 2.45) is 0 Å². The monoisotopic (exact) mass is 355 g/mol. The fourth-order valence-corrected chi connectivity index (χ4v) is 2.71. The number of halogens is 1. The normalized spacial score (nSPS) is 11.9. The molecule has 1 aromatic heterocycles. The quantitative estimate of drug-likeness (QED) is 0.703. The first kappa shape index (κ1) is 17.3. The van der Waals surface area contributed by atoms with Crippen molar-refractivity contribution in [3.8, 4) is 0 Å². The first-order valence-corrected chi connectivity index (χ1v) is 8.24. The third-order valence-electron chi connectivity index (χ3n) is 3.78. The third kappa shape index (κ3) is 4.29. The lowest BCUT2D eigenvalue weighted by atomic mass is 9.98. The number of nitrogens with one attached hydrogen (secondary N) is 1. The molecule has 3 rings (SSSR count). The van der Waals surface area contributed by atoms with Crippen molar-refractivity contribution in [1.82, 2.24) is 5.32 Å². The summed E-state index contributed by atoms with van der Waals surface area (Å²) < 4.78 is 10.5. The minimum absolute atomic E-state index is 0.252. The fourth-order valence-electron chi connectivity index (χ4n) is 2.58. The molecule has 2 aromatic carbocycles. The second-order valence-electron chi connectivity index (χ2n) is 5.57. The Kier molecular flexibility index (Phi) is 5.53. The standard InChI is InChI=1S/C20H18ClNO3/c1-24-13-17-11-12-18(25-17)20(23)22-19(14-5-3-2-4-6-14)15-7-9-16(21)10-8-15/h2-12,19H,13H2,1H3,(H,22,23). The molecule has 0 aliphatic heterocycles. The molecule has 3 aromatic rings. The van der Waals surface area contributed by atoms with E-state index < -0.39 is 0 Å². The molecule has 0 saturated carbocycles. The summed E-state index contributed by atoms with van der Waals surface area (Å²) in [6, 6.07) is 20.3. The van der Waals surface area contributed by atoms with Crippen LogP contribution in [0.1, 0.15) is 33.5 Å². The predicted octanol–water partition coefficient (Wildman–Crippen LogP) is 4.60. The lowest BCUT2D eigenvalue weighted by Crippen LogP contribution is -2.29. The molecule has 0 saturated heterocycles. The van der Waals surface area contributed by atoms with Gasteiger partial charge in [-0.15, -0.1) is 0 Å². The summed E-state index contributed by atoms with van der Waals surface area (Å²) in [7, 11) is 1.58. The van der Waals surface area contributed by atoms with Crippen molar-refractivity contribution in [1.29, 1.82) is 0 Å². The number of carbonyl (C=O) groups excluding carboxylic acids is 1. The van der Waals surface area contributed by atoms with Crippen LogP contribution in [0.25, 0.3) is 0 Å². The van der Waals surface area contributed by atoms with Crippen LogP contribution in [0.15, 0.2) is 71.1 Å².